The van der Waals surface area contributed by atoms with Crippen molar-refractivity contribution in [2.75, 3.05) is 261 Å². The number of amides is 3. The Bertz CT molecular complexity index is 5840. The van der Waals surface area contributed by atoms with Crippen LogP contribution in [0, 0.1) is 13.8 Å². The summed E-state index contributed by atoms with van der Waals surface area (Å²) < 4.78 is 37.2. The van der Waals surface area contributed by atoms with Gasteiger partial charge in [-0.15, -0.1) is 0 Å². The van der Waals surface area contributed by atoms with E-state index in [-0.39, 0.29) is 13.0 Å². The lowest BCUT2D eigenvalue weighted by atomic mass is 10.1. The minimum absolute atomic E-state index is 0.109. The van der Waals surface area contributed by atoms with Crippen molar-refractivity contribution in [3.63, 3.8) is 0 Å². The zero-order chi connectivity index (χ0) is 102. The predicted octanol–water partition coefficient (Wildman–Crippen LogP) is 18.7. The molecule has 0 bridgehead atoms. The average Bonchev–Trinajstić information content (AvgIpc) is 0.787. The maximum Gasteiger partial charge on any atom is 0.408 e. The van der Waals surface area contributed by atoms with Crippen LogP contribution < -0.4 is 51.5 Å². The summed E-state index contributed by atoms with van der Waals surface area (Å²) in [6, 6.07) is 78.9. The number of alkyl carbamates (subject to hydrolysis) is 1. The molecule has 0 radical (unpaired) electrons. The fourth-order valence-corrected chi connectivity index (χ4v) is 26.6. The van der Waals surface area contributed by atoms with Gasteiger partial charge in [-0.05, 0) is 264 Å². The van der Waals surface area contributed by atoms with Crippen LogP contribution >= 0.6 is 58.8 Å². The van der Waals surface area contributed by atoms with E-state index in [4.69, 9.17) is 20.3 Å². The molecule has 10 aromatic rings. The van der Waals surface area contributed by atoms with E-state index in [1.807, 2.05) is 65.2 Å². The largest absolute Gasteiger partial charge is 0.444 e. The van der Waals surface area contributed by atoms with Crippen molar-refractivity contribution in [1.82, 2.24) is 59.9 Å². The van der Waals surface area contributed by atoms with Gasteiger partial charge in [-0.25, -0.2) is 17.5 Å². The number of benzene rings is 10. The molecule has 10 aliphatic rings. The molecular formula is C115H152N18O8S6. The van der Waals surface area contributed by atoms with Crippen molar-refractivity contribution in [3.8, 4) is 0 Å². The highest BCUT2D eigenvalue weighted by molar-refractivity contribution is 8.00. The number of nitrogens with one attached hydrogen (secondary N) is 4. The summed E-state index contributed by atoms with van der Waals surface area (Å²) >= 11 is 9.22. The summed E-state index contributed by atoms with van der Waals surface area (Å²) in [6.45, 7) is 43.3. The maximum absolute atomic E-state index is 12.7. The van der Waals surface area contributed by atoms with Gasteiger partial charge in [-0.1, -0.05) is 162 Å². The monoisotopic (exact) mass is 2110 g/mol. The van der Waals surface area contributed by atoms with Crippen LogP contribution in [0.25, 0.3) is 0 Å². The summed E-state index contributed by atoms with van der Waals surface area (Å²) in [5.41, 5.74) is 20.0. The fraction of sp³-hybridized carbons (Fsp3) is 0.452. The van der Waals surface area contributed by atoms with Gasteiger partial charge in [0.1, 0.15) is 11.6 Å². The number of likely N-dealkylation sites (tertiary alicyclic amines) is 1. The molecule has 0 aromatic heterocycles. The molecule has 0 spiro atoms. The van der Waals surface area contributed by atoms with Crippen LogP contribution in [0.5, 0.6) is 0 Å². The Balaban J connectivity index is 0.000000134. The number of primary amides is 1. The number of piperidine rings is 1. The number of aryl methyl sites for hydroxylation is 2. The highest BCUT2D eigenvalue weighted by Crippen LogP contribution is 2.54. The third-order valence-corrected chi connectivity index (χ3v) is 35.5. The zero-order valence-electron chi connectivity index (χ0n) is 87.0. The summed E-state index contributed by atoms with van der Waals surface area (Å²) in [7, 11) is -0.320. The molecule has 0 saturated carbocycles. The van der Waals surface area contributed by atoms with Crippen molar-refractivity contribution in [1.29, 1.82) is 0 Å². The number of anilines is 10. The number of sulfonamides is 1. The minimum atomic E-state index is -3.47. The van der Waals surface area contributed by atoms with Crippen LogP contribution in [-0.2, 0) is 29.1 Å². The topological polar surface area (TPSA) is 240 Å². The van der Waals surface area contributed by atoms with E-state index in [0.717, 1.165) is 186 Å². The van der Waals surface area contributed by atoms with Gasteiger partial charge in [-0.2, -0.15) is 0 Å². The number of aliphatic hydroxyl groups excluding tert-OH is 1. The van der Waals surface area contributed by atoms with E-state index in [0.29, 0.717) is 31.2 Å². The number of nitrogens with two attached hydrogens (primary N) is 1. The van der Waals surface area contributed by atoms with E-state index in [1.54, 1.807) is 52.7 Å². The van der Waals surface area contributed by atoms with E-state index in [9.17, 15) is 22.8 Å². The molecule has 20 rings (SSSR count). The van der Waals surface area contributed by atoms with Gasteiger partial charge in [-0.3, -0.25) is 19.4 Å². The number of aliphatic hydroxyl groups is 1. The van der Waals surface area contributed by atoms with E-state index in [2.05, 4.69) is 294 Å². The first-order valence-electron chi connectivity index (χ1n) is 52.9. The second kappa shape index (κ2) is 55.1. The summed E-state index contributed by atoms with van der Waals surface area (Å²) in [6.07, 6.45) is 8.81. The Hall–Kier alpha value is -9.37. The number of para-hydroxylation sites is 7. The number of carbonyl (C=O) groups is 3. The van der Waals surface area contributed by atoms with Gasteiger partial charge < -0.3 is 90.6 Å². The fourth-order valence-electron chi connectivity index (χ4n) is 20.3. The Morgan fingerprint density at radius 3 is 1.01 bits per heavy atom. The van der Waals surface area contributed by atoms with Gasteiger partial charge in [0.05, 0.1) is 88.0 Å². The number of piperazine rings is 4. The predicted molar refractivity (Wildman–Crippen MR) is 606 cm³/mol. The molecule has 0 aliphatic carbocycles. The number of ether oxygens (including phenoxy) is 2. The molecule has 5 fully saturated rings. The average molecular weight is 2110 g/mol. The Morgan fingerprint density at radius 2 is 0.680 bits per heavy atom. The second-order valence-electron chi connectivity index (χ2n) is 40.1. The van der Waals surface area contributed by atoms with E-state index in [1.165, 1.54) is 176 Å². The van der Waals surface area contributed by atoms with Crippen molar-refractivity contribution < 1.29 is 37.4 Å². The van der Waals surface area contributed by atoms with Crippen LogP contribution in [0.3, 0.4) is 0 Å². The van der Waals surface area contributed by atoms with E-state index >= 15 is 0 Å². The standard InChI is InChI=1S/C31H44N6O4S.C24H33N3O2S.C21H28N4O2S2.C20H24N2S.C19H23N3S/c1-22-10-11-27-25(20-22)37(24-8-5-6-9-26(24)42-27)14-7-13-35-16-18-36(19-17-35)15-12-33-29(39)23(21-28(32)38)34-30(40)41-31(2,3)4;1-20-7-8-24-22(19-20)27(21-5-2-3-6-23(21)30-24)10-4-9-25-11-13-26(14-12-25)15-17-29-18-16-28;1-23(2)29(26,27)17-8-9-21-19(16-17)25(18-6-3-4-7-20(18)28-21)13-5-12-24-14-10-22-11-15-24;1-6-13-21(14-7-1)15-8-16-22-17-9-2-4-11-19(17)23-20-12-5-3-10-18(20)22;1-3-8-18-16(6-1)22(17-7-2-4-9-19(17)23-18)13-5-12-21-14-10-20-11-15-21/h5-6,8-11,20,23H,7,12-19,21H2,1-4H3,(H2,32,38)(H,33,39)(H,34,40);2-3,5-8,19,28H,4,9-18H2,1H3;3-4,6-9,16,22H,5,10-15H2,1-2H3;2-5,9-12H,1,6-8,13-16H2;1-4,6-9,20H,5,10-15H2/t23-;;;;/m0..../s1. The summed E-state index contributed by atoms with van der Waals surface area (Å²) in [4.78, 5) is 79.6. The van der Waals surface area contributed by atoms with Gasteiger partial charge in [0, 0.05) is 220 Å². The molecule has 10 aliphatic heterocycles. The quantitative estimate of drug-likeness (QED) is 0.0205. The Morgan fingerprint density at radius 1 is 0.381 bits per heavy atom. The molecular weight excluding hydrogens is 1950 g/mol. The highest BCUT2D eigenvalue weighted by Gasteiger charge is 2.34. The van der Waals surface area contributed by atoms with Crippen LogP contribution in [0.1, 0.15) is 89.7 Å². The molecule has 26 nitrogen and oxygen atoms in total. The van der Waals surface area contributed by atoms with Gasteiger partial charge >= 0.3 is 6.09 Å². The third kappa shape index (κ3) is 31.2. The molecule has 1 atom stereocenters. The molecule has 147 heavy (non-hydrogen) atoms. The lowest BCUT2D eigenvalue weighted by Crippen LogP contribution is -2.52. The van der Waals surface area contributed by atoms with Crippen LogP contribution in [0.2, 0.25) is 0 Å². The summed E-state index contributed by atoms with van der Waals surface area (Å²) in [5.74, 6) is -1.13. The number of rotatable bonds is 34. The van der Waals surface area contributed by atoms with Crippen molar-refractivity contribution in [2.45, 2.75) is 158 Å². The first-order valence-corrected chi connectivity index (χ1v) is 58.5. The first kappa shape index (κ1) is 110. The number of hydrogen-bond donors (Lipinski definition) is 6. The number of nitrogens with zero attached hydrogens (tertiary/aromatic N) is 13. The lowest BCUT2D eigenvalue weighted by Gasteiger charge is -2.36. The molecule has 10 heterocycles. The normalized spacial score (nSPS) is 17.1. The van der Waals surface area contributed by atoms with Crippen LogP contribution in [0.4, 0.5) is 61.7 Å². The molecule has 0 unspecified atom stereocenters. The smallest absolute Gasteiger partial charge is 0.408 e. The minimum Gasteiger partial charge on any atom is -0.444 e. The number of carbonyl (C=O) groups excluding carboxylic acids is 3. The van der Waals surface area contributed by atoms with Crippen LogP contribution in [0.15, 0.2) is 278 Å². The second-order valence-corrected chi connectivity index (χ2v) is 47.7. The van der Waals surface area contributed by atoms with Gasteiger partial charge in [0.25, 0.3) is 0 Å². The van der Waals surface area contributed by atoms with Crippen molar-refractivity contribution in [2.24, 2.45) is 5.73 Å². The molecule has 3 amide bonds. The number of fused-ring (bicyclic) bond motifs is 10. The molecule has 5 saturated heterocycles. The molecule has 10 aromatic carbocycles. The Labute approximate surface area is 894 Å². The third-order valence-electron chi connectivity index (χ3n) is 28.0. The first-order chi connectivity index (χ1) is 71.5. The Kier molecular flexibility index (Phi) is 41.3. The lowest BCUT2D eigenvalue weighted by molar-refractivity contribution is -0.127. The molecule has 786 valence electrons. The molecule has 7 N–H and O–H groups in total. The molecule has 32 heteroatoms. The summed E-state index contributed by atoms with van der Waals surface area (Å²) in [5, 5.41) is 20.9. The van der Waals surface area contributed by atoms with E-state index < -0.39 is 39.6 Å². The SMILES string of the molecule is CN(C)S(=O)(=O)c1ccc2c(c1)N(CCCN1CCNCC1)c1ccccc1S2.Cc1ccc2c(c1)N(CCCN1CCN(CCNC(=O)[C@H](CC(N)=O)NC(=O)OC(C)(C)C)CC1)c1ccccc1S2.Cc1ccc2c(c1)N(CCCN1CCN(CCOCCO)CC1)c1ccccc1S2.c1ccc2c(c1)Sc1ccccc1N2CCCN1CCCCC1.c1ccc2c(c1)Sc1ccccc1N2CCCN1CCNCC1. The highest BCUT2D eigenvalue weighted by atomic mass is 32.2. The van der Waals surface area contributed by atoms with Crippen molar-refractivity contribution in [3.05, 3.63) is 236 Å². The van der Waals surface area contributed by atoms with Gasteiger partial charge in [0.2, 0.25) is 21.8 Å². The maximum atomic E-state index is 12.7. The van der Waals surface area contributed by atoms with Crippen LogP contribution in [-0.4, -0.2) is 318 Å². The van der Waals surface area contributed by atoms with Crippen molar-refractivity contribution >= 4 is 144 Å². The van der Waals surface area contributed by atoms with Gasteiger partial charge in [0.15, 0.2) is 0 Å². The number of hydrogen-bond acceptors (Lipinski definition) is 27. The zero-order valence-corrected chi connectivity index (χ0v) is 91.9.